The molecule has 1 aromatic rings. The maximum Gasteiger partial charge on any atom is 0.185 e. The van der Waals surface area contributed by atoms with Crippen LogP contribution in [0.25, 0.3) is 0 Å². The van der Waals surface area contributed by atoms with Crippen molar-refractivity contribution in [2.24, 2.45) is 0 Å². The van der Waals surface area contributed by atoms with Crippen molar-refractivity contribution in [2.75, 3.05) is 13.7 Å². The van der Waals surface area contributed by atoms with Gasteiger partial charge in [0.15, 0.2) is 12.0 Å². The van der Waals surface area contributed by atoms with Crippen molar-refractivity contribution < 1.29 is 13.9 Å². The highest BCUT2D eigenvalue weighted by Gasteiger charge is 2.28. The second kappa shape index (κ2) is 4.80. The Morgan fingerprint density at radius 3 is 2.94 bits per heavy atom. The van der Waals surface area contributed by atoms with Gasteiger partial charge in [0.2, 0.25) is 0 Å². The highest BCUT2D eigenvalue weighted by atomic mass is 16.5. The lowest BCUT2D eigenvalue weighted by Gasteiger charge is -2.25. The third kappa shape index (κ3) is 2.33. The third-order valence-corrected chi connectivity index (χ3v) is 3.11. The number of carbonyl (C=O) groups excluding carboxylic acids is 1. The molecule has 16 heavy (non-hydrogen) atoms. The molecule has 88 valence electrons. The molecule has 4 heteroatoms. The van der Waals surface area contributed by atoms with Gasteiger partial charge in [-0.1, -0.05) is 0 Å². The zero-order valence-electron chi connectivity index (χ0n) is 9.68. The molecule has 1 aliphatic rings. The van der Waals surface area contributed by atoms with Gasteiger partial charge in [-0.25, -0.2) is 0 Å². The average Bonchev–Trinajstić information content (AvgIpc) is 2.86. The van der Waals surface area contributed by atoms with Crippen molar-refractivity contribution in [3.8, 4) is 0 Å². The molecular formula is C12H17NO3. The van der Waals surface area contributed by atoms with E-state index in [1.54, 1.807) is 6.07 Å². The summed E-state index contributed by atoms with van der Waals surface area (Å²) in [7, 11) is 2.05. The molecule has 0 saturated carbocycles. The molecule has 0 aromatic carbocycles. The quantitative estimate of drug-likeness (QED) is 0.729. The lowest BCUT2D eigenvalue weighted by atomic mass is 10.1. The molecule has 1 aliphatic heterocycles. The minimum absolute atomic E-state index is 0.269. The van der Waals surface area contributed by atoms with Gasteiger partial charge in [-0.15, -0.1) is 0 Å². The fraction of sp³-hybridized carbons (Fsp3) is 0.583. The molecule has 1 aromatic heterocycles. The smallest absolute Gasteiger partial charge is 0.185 e. The molecule has 0 radical (unpaired) electrons. The van der Waals surface area contributed by atoms with E-state index in [1.165, 1.54) is 0 Å². The number of rotatable bonds is 4. The monoisotopic (exact) mass is 223 g/mol. The molecule has 0 N–H and O–H groups in total. The Hall–Kier alpha value is -1.13. The molecule has 2 rings (SSSR count). The molecule has 0 bridgehead atoms. The molecule has 2 heterocycles. The average molecular weight is 223 g/mol. The highest BCUT2D eigenvalue weighted by molar-refractivity contribution is 5.70. The summed E-state index contributed by atoms with van der Waals surface area (Å²) in [5.41, 5.74) is 0. The fourth-order valence-corrected chi connectivity index (χ4v) is 2.21. The summed E-state index contributed by atoms with van der Waals surface area (Å²) in [6.45, 7) is 3.63. The minimum Gasteiger partial charge on any atom is -0.457 e. The lowest BCUT2D eigenvalue weighted by molar-refractivity contribution is 0.0789. The second-order valence-electron chi connectivity index (χ2n) is 4.27. The van der Waals surface area contributed by atoms with Crippen LogP contribution in [0.4, 0.5) is 0 Å². The topological polar surface area (TPSA) is 42.7 Å². The van der Waals surface area contributed by atoms with E-state index in [-0.39, 0.29) is 6.10 Å². The van der Waals surface area contributed by atoms with Crippen LogP contribution >= 0.6 is 0 Å². The molecule has 2 atom stereocenters. The molecule has 0 spiro atoms. The molecular weight excluding hydrogens is 206 g/mol. The van der Waals surface area contributed by atoms with Crippen LogP contribution in [0.15, 0.2) is 16.5 Å². The Kier molecular flexibility index (Phi) is 3.41. The van der Waals surface area contributed by atoms with E-state index in [9.17, 15) is 4.79 Å². The standard InChI is InChI=1S/C12H17NO3/c1-9-12(5-6-15-9)13(2)7-10-3-4-11(8-14)16-10/h3-4,8-9,12H,5-7H2,1-2H3. The molecule has 1 fully saturated rings. The summed E-state index contributed by atoms with van der Waals surface area (Å²) in [6.07, 6.45) is 2.05. The van der Waals surface area contributed by atoms with Crippen LogP contribution in [0, 0.1) is 0 Å². The first kappa shape index (κ1) is 11.4. The molecule has 2 unspecified atom stereocenters. The zero-order chi connectivity index (χ0) is 11.5. The number of nitrogens with zero attached hydrogens (tertiary/aromatic N) is 1. The van der Waals surface area contributed by atoms with Crippen LogP contribution in [0.5, 0.6) is 0 Å². The van der Waals surface area contributed by atoms with Crippen molar-refractivity contribution in [1.29, 1.82) is 0 Å². The largest absolute Gasteiger partial charge is 0.457 e. The number of carbonyl (C=O) groups is 1. The van der Waals surface area contributed by atoms with Gasteiger partial charge in [0, 0.05) is 12.6 Å². The van der Waals surface area contributed by atoms with Gasteiger partial charge >= 0.3 is 0 Å². The van der Waals surface area contributed by atoms with Crippen molar-refractivity contribution in [2.45, 2.75) is 32.0 Å². The normalized spacial score (nSPS) is 25.2. The Morgan fingerprint density at radius 1 is 1.56 bits per heavy atom. The summed E-state index contributed by atoms with van der Waals surface area (Å²) >= 11 is 0. The highest BCUT2D eigenvalue weighted by Crippen LogP contribution is 2.20. The first-order valence-electron chi connectivity index (χ1n) is 5.56. The van der Waals surface area contributed by atoms with Crippen molar-refractivity contribution in [3.63, 3.8) is 0 Å². The summed E-state index contributed by atoms with van der Waals surface area (Å²) in [4.78, 5) is 12.7. The summed E-state index contributed by atoms with van der Waals surface area (Å²) in [6, 6.07) is 3.98. The Morgan fingerprint density at radius 2 is 2.38 bits per heavy atom. The predicted molar refractivity (Wildman–Crippen MR) is 59.4 cm³/mol. The van der Waals surface area contributed by atoms with E-state index >= 15 is 0 Å². The maximum absolute atomic E-state index is 10.5. The van der Waals surface area contributed by atoms with E-state index in [2.05, 4.69) is 18.9 Å². The molecule has 0 aliphatic carbocycles. The van der Waals surface area contributed by atoms with Crippen LogP contribution in [-0.4, -0.2) is 37.0 Å². The van der Waals surface area contributed by atoms with Crippen LogP contribution in [0.3, 0.4) is 0 Å². The van der Waals surface area contributed by atoms with Gasteiger partial charge in [-0.2, -0.15) is 0 Å². The number of hydrogen-bond donors (Lipinski definition) is 0. The van der Waals surface area contributed by atoms with Gasteiger partial charge in [-0.05, 0) is 32.5 Å². The van der Waals surface area contributed by atoms with Gasteiger partial charge in [0.1, 0.15) is 5.76 Å². The van der Waals surface area contributed by atoms with Crippen LogP contribution in [0.1, 0.15) is 29.7 Å². The van der Waals surface area contributed by atoms with Crippen molar-refractivity contribution >= 4 is 6.29 Å². The van der Waals surface area contributed by atoms with E-state index in [0.29, 0.717) is 18.3 Å². The Balaban J connectivity index is 1.95. The first-order chi connectivity index (χ1) is 7.70. The fourth-order valence-electron chi connectivity index (χ4n) is 2.21. The number of likely N-dealkylation sites (N-methyl/N-ethyl adjacent to an activating group) is 1. The third-order valence-electron chi connectivity index (χ3n) is 3.11. The van der Waals surface area contributed by atoms with Gasteiger partial charge in [0.25, 0.3) is 0 Å². The summed E-state index contributed by atoms with van der Waals surface area (Å²) in [5, 5.41) is 0. The van der Waals surface area contributed by atoms with Gasteiger partial charge in [0.05, 0.1) is 12.6 Å². The Labute approximate surface area is 95.2 Å². The molecule has 1 saturated heterocycles. The number of aldehydes is 1. The SMILES string of the molecule is CC1OCCC1N(C)Cc1ccc(C=O)o1. The van der Waals surface area contributed by atoms with Crippen molar-refractivity contribution in [3.05, 3.63) is 23.7 Å². The van der Waals surface area contributed by atoms with E-state index in [0.717, 1.165) is 25.1 Å². The number of furan rings is 1. The van der Waals surface area contributed by atoms with Gasteiger partial charge in [-0.3, -0.25) is 9.69 Å². The van der Waals surface area contributed by atoms with E-state index in [1.807, 2.05) is 6.07 Å². The maximum atomic E-state index is 10.5. The molecule has 0 amide bonds. The predicted octanol–water partition coefficient (Wildman–Crippen LogP) is 1.70. The van der Waals surface area contributed by atoms with E-state index in [4.69, 9.17) is 9.15 Å². The minimum atomic E-state index is 0.269. The van der Waals surface area contributed by atoms with Crippen LogP contribution < -0.4 is 0 Å². The second-order valence-corrected chi connectivity index (χ2v) is 4.27. The number of hydrogen-bond acceptors (Lipinski definition) is 4. The summed E-state index contributed by atoms with van der Waals surface area (Å²) in [5.74, 6) is 1.21. The lowest BCUT2D eigenvalue weighted by Crippen LogP contribution is -2.36. The van der Waals surface area contributed by atoms with Crippen molar-refractivity contribution in [1.82, 2.24) is 4.90 Å². The first-order valence-corrected chi connectivity index (χ1v) is 5.56. The molecule has 4 nitrogen and oxygen atoms in total. The van der Waals surface area contributed by atoms with Gasteiger partial charge < -0.3 is 9.15 Å². The zero-order valence-corrected chi connectivity index (χ0v) is 9.68. The van der Waals surface area contributed by atoms with Crippen LogP contribution in [-0.2, 0) is 11.3 Å². The van der Waals surface area contributed by atoms with E-state index < -0.39 is 0 Å². The number of ether oxygens (including phenoxy) is 1. The summed E-state index contributed by atoms with van der Waals surface area (Å²) < 4.78 is 10.9. The van der Waals surface area contributed by atoms with Crippen LogP contribution in [0.2, 0.25) is 0 Å². The Bertz CT molecular complexity index is 361.